The van der Waals surface area contributed by atoms with Gasteiger partial charge in [0.25, 0.3) is 11.8 Å². The number of fused-ring (bicyclic) bond motifs is 1. The van der Waals surface area contributed by atoms with Crippen LogP contribution in [0.3, 0.4) is 0 Å². The van der Waals surface area contributed by atoms with Crippen LogP contribution in [0.25, 0.3) is 0 Å². The summed E-state index contributed by atoms with van der Waals surface area (Å²) in [5.41, 5.74) is 4.08. The van der Waals surface area contributed by atoms with E-state index >= 15 is 0 Å². The topological polar surface area (TPSA) is 116 Å². The zero-order valence-electron chi connectivity index (χ0n) is 23.4. The van der Waals surface area contributed by atoms with E-state index in [-0.39, 0.29) is 11.8 Å². The summed E-state index contributed by atoms with van der Waals surface area (Å²) < 4.78 is 18.4. The Hall–Kier alpha value is -5.25. The summed E-state index contributed by atoms with van der Waals surface area (Å²) in [5.74, 6) is 1.20. The molecule has 2 heterocycles. The Bertz CT molecular complexity index is 1660. The fraction of sp³-hybridized carbons (Fsp3) is 0.194. The smallest absolute Gasteiger partial charge is 0.261 e. The number of hydrogen-bond acceptors (Lipinski definition) is 7. The summed E-state index contributed by atoms with van der Waals surface area (Å²) in [6.07, 6.45) is 1.49. The monoisotopic (exact) mass is 553 g/mol. The third-order valence-corrected chi connectivity index (χ3v) is 6.87. The molecule has 41 heavy (non-hydrogen) atoms. The van der Waals surface area contributed by atoms with Gasteiger partial charge in [-0.15, -0.1) is 0 Å². The number of nitrogens with zero attached hydrogens (tertiary/aromatic N) is 2. The van der Waals surface area contributed by atoms with Crippen molar-refractivity contribution in [2.75, 3.05) is 37.3 Å². The minimum Gasteiger partial charge on any atom is -0.495 e. The molecule has 0 unspecified atom stereocenters. The van der Waals surface area contributed by atoms with Crippen LogP contribution in [0.15, 0.2) is 84.2 Å². The second-order valence-corrected chi connectivity index (χ2v) is 9.48. The molecule has 0 saturated carbocycles. The highest BCUT2D eigenvalue weighted by molar-refractivity contribution is 6.10. The summed E-state index contributed by atoms with van der Waals surface area (Å²) >= 11 is 0. The lowest BCUT2D eigenvalue weighted by atomic mass is 9.93. The summed E-state index contributed by atoms with van der Waals surface area (Å²) in [7, 11) is 4.63. The Morgan fingerprint density at radius 2 is 1.59 bits per heavy atom. The number of carbonyl (C=O) groups is 2. The second kappa shape index (κ2) is 11.5. The van der Waals surface area contributed by atoms with E-state index in [4.69, 9.17) is 14.2 Å². The van der Waals surface area contributed by atoms with Crippen LogP contribution in [-0.4, -0.2) is 42.9 Å². The van der Waals surface area contributed by atoms with Crippen LogP contribution in [0.2, 0.25) is 0 Å². The molecule has 3 aromatic carbocycles. The summed E-state index contributed by atoms with van der Waals surface area (Å²) in [6, 6.07) is 19.4. The zero-order chi connectivity index (χ0) is 29.1. The molecule has 0 bridgehead atoms. The zero-order valence-corrected chi connectivity index (χ0v) is 23.4. The van der Waals surface area contributed by atoms with E-state index in [0.29, 0.717) is 56.8 Å². The number of aromatic nitrogens is 2. The number of amides is 2. The molecule has 10 heteroatoms. The number of carbonyl (C=O) groups excluding carboxylic acids is 2. The maximum atomic E-state index is 14.0. The average Bonchev–Trinajstić information content (AvgIpc) is 3.39. The summed E-state index contributed by atoms with van der Waals surface area (Å²) in [5, 5.41) is 13.8. The lowest BCUT2D eigenvalue weighted by Crippen LogP contribution is -2.32. The minimum atomic E-state index is -0.758. The van der Waals surface area contributed by atoms with Gasteiger partial charge in [-0.2, -0.15) is 5.10 Å². The Morgan fingerprint density at radius 1 is 0.854 bits per heavy atom. The first kappa shape index (κ1) is 27.3. The first-order valence-electron chi connectivity index (χ1n) is 12.9. The molecule has 3 N–H and O–H groups in total. The van der Waals surface area contributed by atoms with Gasteiger partial charge >= 0.3 is 0 Å². The fourth-order valence-corrected chi connectivity index (χ4v) is 4.99. The van der Waals surface area contributed by atoms with Crippen LogP contribution in [0.5, 0.6) is 17.2 Å². The molecule has 1 aliphatic rings. The van der Waals surface area contributed by atoms with Gasteiger partial charge in [0.05, 0.1) is 38.8 Å². The van der Waals surface area contributed by atoms with Crippen molar-refractivity contribution in [2.24, 2.45) is 0 Å². The first-order valence-corrected chi connectivity index (χ1v) is 12.9. The molecule has 0 saturated heterocycles. The highest BCUT2D eigenvalue weighted by Gasteiger charge is 2.37. The number of hydrogen-bond donors (Lipinski definition) is 3. The number of allylic oxidation sites excluding steroid dienone is 1. The van der Waals surface area contributed by atoms with Gasteiger partial charge in [-0.05, 0) is 49.7 Å². The summed E-state index contributed by atoms with van der Waals surface area (Å²) in [4.78, 5) is 27.4. The highest BCUT2D eigenvalue weighted by Crippen LogP contribution is 2.44. The average molecular weight is 554 g/mol. The van der Waals surface area contributed by atoms with Crippen molar-refractivity contribution in [1.82, 2.24) is 9.78 Å². The highest BCUT2D eigenvalue weighted by atomic mass is 16.5. The Morgan fingerprint density at radius 3 is 2.32 bits per heavy atom. The van der Waals surface area contributed by atoms with Crippen molar-refractivity contribution in [3.05, 3.63) is 101 Å². The molecule has 0 aliphatic carbocycles. The van der Waals surface area contributed by atoms with Gasteiger partial charge < -0.3 is 30.2 Å². The van der Waals surface area contributed by atoms with E-state index in [1.165, 1.54) is 13.3 Å². The predicted molar refractivity (Wildman–Crippen MR) is 157 cm³/mol. The predicted octanol–water partition coefficient (Wildman–Crippen LogP) is 5.40. The molecule has 5 rings (SSSR count). The van der Waals surface area contributed by atoms with Crippen molar-refractivity contribution in [3.63, 3.8) is 0 Å². The number of benzene rings is 3. The van der Waals surface area contributed by atoms with Gasteiger partial charge in [-0.3, -0.25) is 9.59 Å². The van der Waals surface area contributed by atoms with Gasteiger partial charge in [0.2, 0.25) is 0 Å². The van der Waals surface area contributed by atoms with E-state index in [0.717, 1.165) is 5.56 Å². The molecule has 0 fully saturated rings. The second-order valence-electron chi connectivity index (χ2n) is 9.48. The van der Waals surface area contributed by atoms with E-state index < -0.39 is 6.04 Å². The Kier molecular flexibility index (Phi) is 7.64. The molecule has 0 spiro atoms. The number of nitrogens with one attached hydrogen (secondary N) is 3. The molecule has 4 aromatic rings. The van der Waals surface area contributed by atoms with Gasteiger partial charge in [0, 0.05) is 16.9 Å². The standard InChI is InChI=1S/C31H31N5O5/c1-18-10-8-11-20(16-18)34-30(37)22-17-32-36-27(21-12-9-15-25(40-4)28(21)41-5)26(19(2)33-29(22)36)31(38)35-23-13-6-7-14-24(23)39-3/h6-17,27,33H,1-5H3,(H,34,37)(H,35,38)/t27-/m1/s1. The lowest BCUT2D eigenvalue weighted by Gasteiger charge is -2.31. The number of methoxy groups -OCH3 is 3. The van der Waals surface area contributed by atoms with E-state index in [9.17, 15) is 9.59 Å². The molecule has 210 valence electrons. The maximum absolute atomic E-state index is 14.0. The largest absolute Gasteiger partial charge is 0.495 e. The van der Waals surface area contributed by atoms with Crippen molar-refractivity contribution in [2.45, 2.75) is 19.9 Å². The normalized spacial score (nSPS) is 14.0. The number of aryl methyl sites for hydroxylation is 1. The quantitative estimate of drug-likeness (QED) is 0.268. The van der Waals surface area contributed by atoms with E-state index in [1.807, 2.05) is 55.5 Å². The molecule has 2 amide bonds. The van der Waals surface area contributed by atoms with Crippen molar-refractivity contribution in [1.29, 1.82) is 0 Å². The van der Waals surface area contributed by atoms with Crippen molar-refractivity contribution in [3.8, 4) is 17.2 Å². The minimum absolute atomic E-state index is 0.321. The molecule has 1 aliphatic heterocycles. The molecule has 1 aromatic heterocycles. The number of ether oxygens (including phenoxy) is 3. The number of para-hydroxylation sites is 3. The molecule has 0 radical (unpaired) electrons. The van der Waals surface area contributed by atoms with Gasteiger partial charge in [-0.1, -0.05) is 36.4 Å². The SMILES string of the molecule is COc1ccccc1NC(=O)C1=C(C)Nc2c(C(=O)Nc3cccc(C)c3)cnn2[C@@H]1c1cccc(OC)c1OC. The summed E-state index contributed by atoms with van der Waals surface area (Å²) in [6.45, 7) is 3.74. The van der Waals surface area contributed by atoms with Crippen LogP contribution < -0.4 is 30.2 Å². The Balaban J connectivity index is 1.61. The third kappa shape index (κ3) is 5.19. The van der Waals surface area contributed by atoms with Gasteiger partial charge in [0.1, 0.15) is 23.2 Å². The van der Waals surface area contributed by atoms with Gasteiger partial charge in [0.15, 0.2) is 11.5 Å². The molecular weight excluding hydrogens is 522 g/mol. The van der Waals surface area contributed by atoms with Crippen LogP contribution in [0.4, 0.5) is 17.2 Å². The third-order valence-electron chi connectivity index (χ3n) is 6.87. The van der Waals surface area contributed by atoms with E-state index in [2.05, 4.69) is 21.0 Å². The molecule has 1 atom stereocenters. The van der Waals surface area contributed by atoms with E-state index in [1.54, 1.807) is 44.0 Å². The fourth-order valence-electron chi connectivity index (χ4n) is 4.99. The Labute approximate surface area is 237 Å². The molecule has 10 nitrogen and oxygen atoms in total. The van der Waals surface area contributed by atoms with Crippen LogP contribution in [0.1, 0.15) is 34.5 Å². The van der Waals surface area contributed by atoms with Crippen LogP contribution >= 0.6 is 0 Å². The number of rotatable bonds is 8. The number of anilines is 3. The molecular formula is C31H31N5O5. The van der Waals surface area contributed by atoms with Crippen molar-refractivity contribution < 1.29 is 23.8 Å². The van der Waals surface area contributed by atoms with Gasteiger partial charge in [-0.25, -0.2) is 4.68 Å². The van der Waals surface area contributed by atoms with Crippen molar-refractivity contribution >= 4 is 29.0 Å². The van der Waals surface area contributed by atoms with Crippen LogP contribution in [0, 0.1) is 6.92 Å². The first-order chi connectivity index (χ1) is 19.9. The lowest BCUT2D eigenvalue weighted by molar-refractivity contribution is -0.113. The maximum Gasteiger partial charge on any atom is 0.261 e. The van der Waals surface area contributed by atoms with Crippen LogP contribution in [-0.2, 0) is 4.79 Å².